The van der Waals surface area contributed by atoms with Gasteiger partial charge in [-0.15, -0.1) is 0 Å². The fourth-order valence-corrected chi connectivity index (χ4v) is 4.96. The van der Waals surface area contributed by atoms with Crippen LogP contribution < -0.4 is 15.6 Å². The van der Waals surface area contributed by atoms with E-state index < -0.39 is 0 Å². The highest BCUT2D eigenvalue weighted by Gasteiger charge is 2.36. The molecule has 164 valence electrons. The van der Waals surface area contributed by atoms with Gasteiger partial charge in [0, 0.05) is 43.4 Å². The molecule has 0 saturated carbocycles. The summed E-state index contributed by atoms with van der Waals surface area (Å²) in [5, 5.41) is 3.29. The lowest BCUT2D eigenvalue weighted by Gasteiger charge is -2.43. The fourth-order valence-electron chi connectivity index (χ4n) is 4.96. The van der Waals surface area contributed by atoms with Gasteiger partial charge in [0.1, 0.15) is 11.4 Å². The first kappa shape index (κ1) is 20.4. The van der Waals surface area contributed by atoms with E-state index in [1.54, 1.807) is 7.11 Å². The molecule has 6 nitrogen and oxygen atoms in total. The van der Waals surface area contributed by atoms with Crippen molar-refractivity contribution < 1.29 is 9.53 Å². The quantitative estimate of drug-likeness (QED) is 0.671. The van der Waals surface area contributed by atoms with Crippen molar-refractivity contribution in [3.05, 3.63) is 93.9 Å². The van der Waals surface area contributed by atoms with Crippen LogP contribution in [-0.2, 0) is 13.1 Å². The number of rotatable bonds is 5. The number of hydrogen-bond acceptors (Lipinski definition) is 4. The van der Waals surface area contributed by atoms with Gasteiger partial charge in [-0.05, 0) is 54.3 Å². The Balaban J connectivity index is 1.33. The molecular formula is C26H27N3O3. The van der Waals surface area contributed by atoms with Crippen LogP contribution in [0.2, 0.25) is 0 Å². The zero-order valence-electron chi connectivity index (χ0n) is 18.2. The summed E-state index contributed by atoms with van der Waals surface area (Å²) in [5.74, 6) is 1.24. The molecule has 2 aliphatic rings. The van der Waals surface area contributed by atoms with Crippen LogP contribution in [0.15, 0.2) is 71.5 Å². The van der Waals surface area contributed by atoms with Crippen LogP contribution in [0.25, 0.3) is 0 Å². The Bertz CT molecular complexity index is 1170. The number of anilines is 1. The average Bonchev–Trinajstić information content (AvgIpc) is 2.84. The van der Waals surface area contributed by atoms with E-state index in [2.05, 4.69) is 11.4 Å². The number of amides is 1. The van der Waals surface area contributed by atoms with Crippen molar-refractivity contribution in [1.82, 2.24) is 9.47 Å². The Kier molecular flexibility index (Phi) is 5.43. The maximum Gasteiger partial charge on any atom is 0.274 e. The van der Waals surface area contributed by atoms with E-state index in [9.17, 15) is 9.59 Å². The maximum absolute atomic E-state index is 13.2. The first-order valence-electron chi connectivity index (χ1n) is 11.1. The van der Waals surface area contributed by atoms with E-state index in [1.165, 1.54) is 0 Å². The Hall–Kier alpha value is -3.54. The van der Waals surface area contributed by atoms with Crippen LogP contribution >= 0.6 is 0 Å². The van der Waals surface area contributed by atoms with Gasteiger partial charge in [-0.3, -0.25) is 9.59 Å². The number of nitrogens with one attached hydrogen (secondary N) is 1. The van der Waals surface area contributed by atoms with Crippen molar-refractivity contribution in [1.29, 1.82) is 0 Å². The Morgan fingerprint density at radius 1 is 1.00 bits per heavy atom. The van der Waals surface area contributed by atoms with Gasteiger partial charge in [0.2, 0.25) is 0 Å². The number of ether oxygens (including phenoxy) is 1. The Morgan fingerprint density at radius 3 is 2.53 bits per heavy atom. The normalized spacial score (nSPS) is 19.2. The first-order valence-corrected chi connectivity index (χ1v) is 11.1. The van der Waals surface area contributed by atoms with Gasteiger partial charge in [0.25, 0.3) is 11.5 Å². The summed E-state index contributed by atoms with van der Waals surface area (Å²) in [6.07, 6.45) is 1.02. The van der Waals surface area contributed by atoms with E-state index in [4.69, 9.17) is 4.74 Å². The van der Waals surface area contributed by atoms with Crippen molar-refractivity contribution in [2.75, 3.05) is 25.5 Å². The van der Waals surface area contributed by atoms with Crippen molar-refractivity contribution in [2.45, 2.75) is 25.4 Å². The Labute approximate surface area is 187 Å². The smallest absolute Gasteiger partial charge is 0.274 e. The van der Waals surface area contributed by atoms with Gasteiger partial charge in [-0.2, -0.15) is 0 Å². The van der Waals surface area contributed by atoms with Crippen molar-refractivity contribution in [3.63, 3.8) is 0 Å². The number of nitrogens with zero attached hydrogens (tertiary/aromatic N) is 2. The third kappa shape index (κ3) is 3.88. The lowest BCUT2D eigenvalue weighted by atomic mass is 9.83. The molecule has 2 atom stereocenters. The number of methoxy groups -OCH3 is 1. The second-order valence-electron chi connectivity index (χ2n) is 8.66. The van der Waals surface area contributed by atoms with Gasteiger partial charge in [0.05, 0.1) is 7.11 Å². The Morgan fingerprint density at radius 2 is 1.78 bits per heavy atom. The molecule has 0 unspecified atom stereocenters. The van der Waals surface area contributed by atoms with Crippen LogP contribution in [0.4, 0.5) is 5.69 Å². The second-order valence-corrected chi connectivity index (χ2v) is 8.66. The molecule has 1 amide bonds. The average molecular weight is 430 g/mol. The molecule has 32 heavy (non-hydrogen) atoms. The van der Waals surface area contributed by atoms with Crippen molar-refractivity contribution >= 4 is 11.6 Å². The highest BCUT2D eigenvalue weighted by molar-refractivity contribution is 5.94. The van der Waals surface area contributed by atoms with Crippen LogP contribution in [0.1, 0.15) is 34.0 Å². The second kappa shape index (κ2) is 8.54. The summed E-state index contributed by atoms with van der Waals surface area (Å²) in [6.45, 7) is 2.58. The van der Waals surface area contributed by atoms with Crippen LogP contribution in [0.3, 0.4) is 0 Å². The van der Waals surface area contributed by atoms with E-state index in [1.807, 2.05) is 70.1 Å². The standard InChI is InChI=1S/C26H27N3O3/c1-32-22-9-7-20(8-10-22)25(30)28-15-19-13-21(17-28)24-12-11-23(26(31)29(24)16-19)27-14-18-5-3-2-4-6-18/h2-12,19,21,27H,13-17H2,1H3/t19-,21+/m0/s1. The molecule has 5 rings (SSSR count). The van der Waals surface area contributed by atoms with E-state index in [0.717, 1.165) is 23.4 Å². The number of likely N-dealkylation sites (tertiary alicyclic amines) is 1. The molecule has 3 heterocycles. The summed E-state index contributed by atoms with van der Waals surface area (Å²) in [6, 6.07) is 21.3. The zero-order valence-corrected chi connectivity index (χ0v) is 18.2. The van der Waals surface area contributed by atoms with Crippen molar-refractivity contribution in [3.8, 4) is 5.75 Å². The molecular weight excluding hydrogens is 402 g/mol. The molecule has 0 aliphatic carbocycles. The van der Waals surface area contributed by atoms with Crippen LogP contribution in [0.5, 0.6) is 5.75 Å². The maximum atomic E-state index is 13.2. The molecule has 3 aromatic rings. The molecule has 1 N–H and O–H groups in total. The molecule has 2 aliphatic heterocycles. The molecule has 1 fully saturated rings. The molecule has 1 saturated heterocycles. The number of aromatic nitrogens is 1. The van der Waals surface area contributed by atoms with Crippen molar-refractivity contribution in [2.24, 2.45) is 5.92 Å². The summed E-state index contributed by atoms with van der Waals surface area (Å²) in [5.41, 5.74) is 3.50. The van der Waals surface area contributed by atoms with E-state index >= 15 is 0 Å². The SMILES string of the molecule is COc1ccc(C(=O)N2C[C@@H]3C[C@H](C2)c2ccc(NCc4ccccc4)c(=O)n2C3)cc1. The van der Waals surface area contributed by atoms with Crippen LogP contribution in [-0.4, -0.2) is 35.6 Å². The van der Waals surface area contributed by atoms with E-state index in [-0.39, 0.29) is 23.3 Å². The number of pyridine rings is 1. The fraction of sp³-hybridized carbons (Fsp3) is 0.308. The number of carbonyl (C=O) groups excluding carboxylic acids is 1. The predicted molar refractivity (Wildman–Crippen MR) is 124 cm³/mol. The molecule has 2 bridgehead atoms. The predicted octanol–water partition coefficient (Wildman–Crippen LogP) is 3.73. The summed E-state index contributed by atoms with van der Waals surface area (Å²) < 4.78 is 7.11. The summed E-state index contributed by atoms with van der Waals surface area (Å²) in [4.78, 5) is 28.2. The highest BCUT2D eigenvalue weighted by atomic mass is 16.5. The lowest BCUT2D eigenvalue weighted by molar-refractivity contribution is 0.0594. The molecule has 0 spiro atoms. The monoisotopic (exact) mass is 429 g/mol. The van der Waals surface area contributed by atoms with Gasteiger partial charge < -0.3 is 19.5 Å². The zero-order chi connectivity index (χ0) is 22.1. The highest BCUT2D eigenvalue weighted by Crippen LogP contribution is 2.36. The number of piperidine rings is 1. The minimum absolute atomic E-state index is 0.0306. The van der Waals surface area contributed by atoms with Gasteiger partial charge in [-0.1, -0.05) is 30.3 Å². The third-order valence-electron chi connectivity index (χ3n) is 6.55. The van der Waals surface area contributed by atoms with Gasteiger partial charge >= 0.3 is 0 Å². The first-order chi connectivity index (χ1) is 15.6. The number of hydrogen-bond donors (Lipinski definition) is 1. The number of fused-ring (bicyclic) bond motifs is 4. The third-order valence-corrected chi connectivity index (χ3v) is 6.55. The van der Waals surface area contributed by atoms with Gasteiger partial charge in [-0.25, -0.2) is 0 Å². The molecule has 0 radical (unpaired) electrons. The summed E-state index contributed by atoms with van der Waals surface area (Å²) >= 11 is 0. The lowest BCUT2D eigenvalue weighted by Crippen LogP contribution is -2.49. The molecule has 2 aromatic carbocycles. The van der Waals surface area contributed by atoms with Gasteiger partial charge in [0.15, 0.2) is 0 Å². The molecule has 6 heteroatoms. The van der Waals surface area contributed by atoms with Crippen LogP contribution in [0, 0.1) is 5.92 Å². The minimum Gasteiger partial charge on any atom is -0.497 e. The van der Waals surface area contributed by atoms with E-state index in [0.29, 0.717) is 37.4 Å². The largest absolute Gasteiger partial charge is 0.497 e. The summed E-state index contributed by atoms with van der Waals surface area (Å²) in [7, 11) is 1.62. The topological polar surface area (TPSA) is 63.6 Å². The minimum atomic E-state index is 0.0306. The number of carbonyl (C=O) groups is 1. The molecule has 1 aromatic heterocycles. The number of benzene rings is 2.